The summed E-state index contributed by atoms with van der Waals surface area (Å²) in [6.07, 6.45) is 5.94. The Kier molecular flexibility index (Phi) is 5.27. The zero-order valence-electron chi connectivity index (χ0n) is 13.1. The second-order valence-corrected chi connectivity index (χ2v) is 7.00. The predicted molar refractivity (Wildman–Crippen MR) is 102 cm³/mol. The quantitative estimate of drug-likeness (QED) is 0.417. The molecule has 0 spiro atoms. The molecule has 97 valence electrons. The maximum atomic E-state index is 5.43. The van der Waals surface area contributed by atoms with Crippen LogP contribution in [0.5, 0.6) is 0 Å². The molecule has 1 radical (unpaired) electrons. The molecule has 3 fully saturated rings. The van der Waals surface area contributed by atoms with Gasteiger partial charge in [-0.15, -0.1) is 0 Å². The number of ether oxygens (including phenoxy) is 2. The second kappa shape index (κ2) is 7.21. The van der Waals surface area contributed by atoms with Crippen molar-refractivity contribution in [2.45, 2.75) is 48.9 Å². The molecule has 4 aliphatic rings. The van der Waals surface area contributed by atoms with E-state index in [0.29, 0.717) is 24.5 Å². The van der Waals surface area contributed by atoms with Gasteiger partial charge in [0.1, 0.15) is 0 Å². The Hall–Kier alpha value is 0.569. The molecule has 4 heterocycles. The van der Waals surface area contributed by atoms with Gasteiger partial charge in [-0.25, -0.2) is 0 Å². The Bertz CT molecular complexity index is 528. The first-order valence-electron chi connectivity index (χ1n) is 8.64. The van der Waals surface area contributed by atoms with Gasteiger partial charge in [-0.1, -0.05) is 0 Å². The molecule has 0 aliphatic carbocycles. The second-order valence-electron chi connectivity index (χ2n) is 7.00. The van der Waals surface area contributed by atoms with Gasteiger partial charge in [-0.3, -0.25) is 0 Å². The van der Waals surface area contributed by atoms with Gasteiger partial charge in [-0.05, 0) is 0 Å². The molecule has 0 aromatic rings. The van der Waals surface area contributed by atoms with Crippen molar-refractivity contribution in [1.29, 1.82) is 0 Å². The minimum absolute atomic E-state index is 0.254. The van der Waals surface area contributed by atoms with Gasteiger partial charge in [0.25, 0.3) is 0 Å². The van der Waals surface area contributed by atoms with Gasteiger partial charge in [0.15, 0.2) is 0 Å². The van der Waals surface area contributed by atoms with Crippen LogP contribution in [0.25, 0.3) is 0 Å². The van der Waals surface area contributed by atoms with Crippen LogP contribution in [0.1, 0.15) is 25.7 Å². The fourth-order valence-electron chi connectivity index (χ4n) is 3.95. The summed E-state index contributed by atoms with van der Waals surface area (Å²) in [7, 11) is 2.56. The van der Waals surface area contributed by atoms with E-state index in [9.17, 15) is 0 Å². The Balaban J connectivity index is 1.51. The van der Waals surface area contributed by atoms with E-state index in [1.165, 1.54) is 25.7 Å². The molecule has 4 unspecified atom stereocenters. The number of hydrogen-bond acceptors (Lipinski definition) is 2. The number of epoxide rings is 2. The molecule has 0 N–H and O–H groups in total. The van der Waals surface area contributed by atoms with E-state index in [1.807, 2.05) is 0 Å². The zero-order valence-corrected chi connectivity index (χ0v) is 13.1. The number of fused-ring (bicyclic) bond motifs is 2. The van der Waals surface area contributed by atoms with Gasteiger partial charge in [-0.2, -0.15) is 0 Å². The summed E-state index contributed by atoms with van der Waals surface area (Å²) in [6, 6.07) is 0. The van der Waals surface area contributed by atoms with Gasteiger partial charge in [0.05, 0.1) is 0 Å². The molecule has 2 nitrogen and oxygen atoms in total. The molecule has 4 aliphatic heterocycles. The third-order valence-electron chi connectivity index (χ3n) is 5.46. The summed E-state index contributed by atoms with van der Waals surface area (Å²) < 4.78 is 10.9. The third-order valence-corrected chi connectivity index (χ3v) is 5.46. The van der Waals surface area contributed by atoms with Crippen molar-refractivity contribution >= 4 is 67.3 Å². The molecule has 2 bridgehead atoms. The van der Waals surface area contributed by atoms with Crippen LogP contribution in [0.3, 0.4) is 0 Å². The molecule has 3 saturated heterocycles. The molecule has 4 rings (SSSR count). The molecule has 0 aromatic heterocycles. The van der Waals surface area contributed by atoms with Crippen molar-refractivity contribution in [2.24, 2.45) is 0 Å². The molecule has 4 atom stereocenters. The van der Waals surface area contributed by atoms with Crippen LogP contribution in [0.4, 0.5) is 0 Å². The molecule has 0 saturated carbocycles. The van der Waals surface area contributed by atoms with E-state index in [4.69, 9.17) is 9.47 Å². The third kappa shape index (κ3) is 3.97. The summed E-state index contributed by atoms with van der Waals surface area (Å²) >= 11 is 0. The Labute approximate surface area is 139 Å². The summed E-state index contributed by atoms with van der Waals surface area (Å²) in [5.74, 6) is 0.711. The molecule has 0 aromatic carbocycles. The van der Waals surface area contributed by atoms with E-state index >= 15 is 0 Å². The number of hydrogen-bond donors (Lipinski definition) is 0. The van der Waals surface area contributed by atoms with Crippen molar-refractivity contribution < 1.29 is 9.47 Å². The number of rotatable bonds is 6. The van der Waals surface area contributed by atoms with Gasteiger partial charge < -0.3 is 0 Å². The van der Waals surface area contributed by atoms with Crippen LogP contribution < -0.4 is 0 Å². The fraction of sp³-hybridized carbons (Fsp3) is 1.00. The summed E-state index contributed by atoms with van der Waals surface area (Å²) in [6.45, 7) is 20.3. The SMILES string of the molecule is [B]1B2B=BB=BB=BB=BC1(CCC1CO1)C2CCC1CO1. The molecule has 12 heteroatoms. The Morgan fingerprint density at radius 2 is 1.55 bits per heavy atom. The van der Waals surface area contributed by atoms with Crippen LogP contribution in [0, 0.1) is 0 Å². The van der Waals surface area contributed by atoms with Crippen molar-refractivity contribution in [3.05, 3.63) is 0 Å². The summed E-state index contributed by atoms with van der Waals surface area (Å²) in [5, 5.41) is 0.254. The van der Waals surface area contributed by atoms with Crippen LogP contribution >= 0.6 is 0 Å². The fourth-order valence-corrected chi connectivity index (χ4v) is 3.95. The molecular weight excluding hydrogens is 260 g/mol. The van der Waals surface area contributed by atoms with Crippen molar-refractivity contribution in [3.63, 3.8) is 0 Å². The predicted octanol–water partition coefficient (Wildman–Crippen LogP) is -1.91. The zero-order chi connectivity index (χ0) is 14.8. The van der Waals surface area contributed by atoms with E-state index in [-0.39, 0.29) is 5.21 Å². The molecule has 22 heavy (non-hydrogen) atoms. The Morgan fingerprint density at radius 1 is 0.864 bits per heavy atom. The standard InChI is InChI=1S/C10H15B10O2/c1(7-5-21-7)2-9-10(4-3-8-6-22-8)11-13-14-15-16-17-18-19-20(9)12-10/h7-9H,1-6H2. The van der Waals surface area contributed by atoms with E-state index < -0.39 is 0 Å². The van der Waals surface area contributed by atoms with Gasteiger partial charge >= 0.3 is 139 Å². The van der Waals surface area contributed by atoms with Crippen LogP contribution in [-0.2, 0) is 9.47 Å². The first-order valence-corrected chi connectivity index (χ1v) is 8.64. The van der Waals surface area contributed by atoms with Crippen molar-refractivity contribution in [3.8, 4) is 0 Å². The normalized spacial score (nSPS) is 35.3. The van der Waals surface area contributed by atoms with Crippen LogP contribution in [-0.4, -0.2) is 92.7 Å². The Morgan fingerprint density at radius 3 is 2.32 bits per heavy atom. The van der Waals surface area contributed by atoms with Crippen LogP contribution in [0.2, 0.25) is 11.0 Å². The van der Waals surface area contributed by atoms with Gasteiger partial charge in [0, 0.05) is 0 Å². The minimum atomic E-state index is 0.254. The summed E-state index contributed by atoms with van der Waals surface area (Å²) in [4.78, 5) is 0. The first kappa shape index (κ1) is 16.1. The van der Waals surface area contributed by atoms with Gasteiger partial charge in [0.2, 0.25) is 0 Å². The average molecular weight is 275 g/mol. The molecular formula is C10H15B10O2. The van der Waals surface area contributed by atoms with E-state index in [0.717, 1.165) is 13.2 Å². The van der Waals surface area contributed by atoms with E-state index in [2.05, 4.69) is 60.8 Å². The first-order chi connectivity index (χ1) is 10.9. The monoisotopic (exact) mass is 277 g/mol. The van der Waals surface area contributed by atoms with Crippen LogP contribution in [0.15, 0.2) is 0 Å². The van der Waals surface area contributed by atoms with Crippen molar-refractivity contribution in [2.75, 3.05) is 13.2 Å². The van der Waals surface area contributed by atoms with Crippen molar-refractivity contribution in [1.82, 2.24) is 0 Å². The topological polar surface area (TPSA) is 25.1 Å². The summed E-state index contributed by atoms with van der Waals surface area (Å²) in [5.41, 5.74) is 0. The maximum absolute atomic E-state index is 5.43. The molecule has 0 amide bonds. The average Bonchev–Trinajstić information content (AvgIpc) is 3.38. The van der Waals surface area contributed by atoms with E-state index in [1.54, 1.807) is 0 Å².